The van der Waals surface area contributed by atoms with Gasteiger partial charge in [-0.25, -0.2) is 9.97 Å². The maximum atomic E-state index is 9.33. The van der Waals surface area contributed by atoms with Gasteiger partial charge in [-0.15, -0.1) is 0 Å². The summed E-state index contributed by atoms with van der Waals surface area (Å²) in [6, 6.07) is 7.03. The molecule has 1 N–H and O–H groups in total. The molecule has 3 rings (SSSR count). The predicted octanol–water partition coefficient (Wildman–Crippen LogP) is 2.04. The van der Waals surface area contributed by atoms with E-state index >= 15 is 0 Å². The van der Waals surface area contributed by atoms with Gasteiger partial charge >= 0.3 is 0 Å². The van der Waals surface area contributed by atoms with Crippen LogP contribution in [0, 0.1) is 0 Å². The van der Waals surface area contributed by atoms with Crippen molar-refractivity contribution in [2.45, 2.75) is 6.54 Å². The molecule has 3 aromatic rings. The normalized spacial score (nSPS) is 10.8. The quantitative estimate of drug-likeness (QED) is 0.778. The highest BCUT2D eigenvalue weighted by atomic mass is 16.3. The fourth-order valence-electron chi connectivity index (χ4n) is 2.01. The molecule has 19 heavy (non-hydrogen) atoms. The van der Waals surface area contributed by atoms with Crippen LogP contribution < -0.4 is 0 Å². The number of aromatic hydroxyl groups is 1. The molecule has 0 spiro atoms. The summed E-state index contributed by atoms with van der Waals surface area (Å²) < 4.78 is 4.02. The highest BCUT2D eigenvalue weighted by molar-refractivity contribution is 5.56. The molecule has 0 radical (unpaired) electrons. The van der Waals surface area contributed by atoms with Crippen LogP contribution in [0.15, 0.2) is 49.1 Å². The third-order valence-electron chi connectivity index (χ3n) is 3.07. The minimum Gasteiger partial charge on any atom is -0.508 e. The van der Waals surface area contributed by atoms with Gasteiger partial charge in [-0.05, 0) is 24.3 Å². The molecule has 0 saturated heterocycles. The van der Waals surface area contributed by atoms with Crippen molar-refractivity contribution in [1.29, 1.82) is 0 Å². The largest absolute Gasteiger partial charge is 0.508 e. The molecule has 0 unspecified atom stereocenters. The number of phenols is 1. The van der Waals surface area contributed by atoms with E-state index in [-0.39, 0.29) is 5.75 Å². The van der Waals surface area contributed by atoms with Gasteiger partial charge in [-0.1, -0.05) is 0 Å². The standard InChI is InChI=1S/C14H14N4O/c1-17-8-6-15-13(17)10-18-9-7-16-14(18)11-2-4-12(19)5-3-11/h2-9,19H,10H2,1H3. The van der Waals surface area contributed by atoms with Crippen molar-refractivity contribution >= 4 is 0 Å². The molecule has 0 aliphatic heterocycles. The van der Waals surface area contributed by atoms with E-state index in [4.69, 9.17) is 0 Å². The van der Waals surface area contributed by atoms with Crippen LogP contribution in [-0.2, 0) is 13.6 Å². The van der Waals surface area contributed by atoms with Gasteiger partial charge in [0.05, 0.1) is 6.54 Å². The minimum absolute atomic E-state index is 0.256. The Hall–Kier alpha value is -2.56. The first-order chi connectivity index (χ1) is 9.24. The first kappa shape index (κ1) is 11.5. The number of hydrogen-bond acceptors (Lipinski definition) is 3. The van der Waals surface area contributed by atoms with Crippen molar-refractivity contribution in [3.05, 3.63) is 54.9 Å². The Bertz CT molecular complexity index is 682. The van der Waals surface area contributed by atoms with Gasteiger partial charge < -0.3 is 14.2 Å². The fraction of sp³-hybridized carbons (Fsp3) is 0.143. The first-order valence-corrected chi connectivity index (χ1v) is 6.01. The molecule has 96 valence electrons. The van der Waals surface area contributed by atoms with E-state index in [9.17, 15) is 5.11 Å². The monoisotopic (exact) mass is 254 g/mol. The van der Waals surface area contributed by atoms with E-state index in [1.54, 1.807) is 24.5 Å². The zero-order valence-electron chi connectivity index (χ0n) is 10.6. The Morgan fingerprint density at radius 2 is 1.79 bits per heavy atom. The third-order valence-corrected chi connectivity index (χ3v) is 3.07. The second-order valence-electron chi connectivity index (χ2n) is 4.38. The maximum absolute atomic E-state index is 9.33. The van der Waals surface area contributed by atoms with Crippen LogP contribution in [0.3, 0.4) is 0 Å². The second kappa shape index (κ2) is 4.61. The lowest BCUT2D eigenvalue weighted by Gasteiger charge is -2.08. The lowest BCUT2D eigenvalue weighted by atomic mass is 10.2. The Kier molecular flexibility index (Phi) is 2.79. The van der Waals surface area contributed by atoms with E-state index in [1.165, 1.54) is 0 Å². The molecule has 0 bridgehead atoms. The van der Waals surface area contributed by atoms with Crippen LogP contribution in [0.4, 0.5) is 0 Å². The molecule has 1 aromatic carbocycles. The summed E-state index contributed by atoms with van der Waals surface area (Å²) in [7, 11) is 1.97. The van der Waals surface area contributed by atoms with Crippen LogP contribution >= 0.6 is 0 Å². The fourth-order valence-corrected chi connectivity index (χ4v) is 2.01. The summed E-state index contributed by atoms with van der Waals surface area (Å²) in [6.07, 6.45) is 7.40. The predicted molar refractivity (Wildman–Crippen MR) is 71.6 cm³/mol. The lowest BCUT2D eigenvalue weighted by Crippen LogP contribution is -2.06. The number of phenolic OH excluding ortho intramolecular Hbond substituents is 1. The third kappa shape index (κ3) is 2.22. The smallest absolute Gasteiger partial charge is 0.140 e. The van der Waals surface area contributed by atoms with Gasteiger partial charge in [0.15, 0.2) is 0 Å². The molecule has 0 aliphatic rings. The van der Waals surface area contributed by atoms with E-state index in [0.717, 1.165) is 17.2 Å². The van der Waals surface area contributed by atoms with Crippen LogP contribution in [0.2, 0.25) is 0 Å². The van der Waals surface area contributed by atoms with Gasteiger partial charge in [0, 0.05) is 37.4 Å². The van der Waals surface area contributed by atoms with Gasteiger partial charge in [-0.3, -0.25) is 0 Å². The van der Waals surface area contributed by atoms with Crippen molar-refractivity contribution in [1.82, 2.24) is 19.1 Å². The maximum Gasteiger partial charge on any atom is 0.140 e. The number of benzene rings is 1. The van der Waals surface area contributed by atoms with E-state index < -0.39 is 0 Å². The summed E-state index contributed by atoms with van der Waals surface area (Å²) >= 11 is 0. The van der Waals surface area contributed by atoms with Crippen molar-refractivity contribution < 1.29 is 5.11 Å². The van der Waals surface area contributed by atoms with E-state index in [1.807, 2.05) is 40.7 Å². The van der Waals surface area contributed by atoms with Gasteiger partial charge in [0.1, 0.15) is 17.4 Å². The molecular formula is C14H14N4O. The highest BCUT2D eigenvalue weighted by Gasteiger charge is 2.08. The molecule has 0 amide bonds. The van der Waals surface area contributed by atoms with Gasteiger partial charge in [0.25, 0.3) is 0 Å². The Balaban J connectivity index is 1.94. The minimum atomic E-state index is 0.256. The second-order valence-corrected chi connectivity index (χ2v) is 4.38. The summed E-state index contributed by atoms with van der Waals surface area (Å²) in [4.78, 5) is 8.68. The van der Waals surface area contributed by atoms with Gasteiger partial charge in [-0.2, -0.15) is 0 Å². The molecule has 2 aromatic heterocycles. The van der Waals surface area contributed by atoms with Crippen LogP contribution in [0.25, 0.3) is 11.4 Å². The Labute approximate surface area is 110 Å². The number of hydrogen-bond donors (Lipinski definition) is 1. The lowest BCUT2D eigenvalue weighted by molar-refractivity contribution is 0.475. The number of aromatic nitrogens is 4. The molecule has 0 atom stereocenters. The molecule has 0 fully saturated rings. The van der Waals surface area contributed by atoms with Crippen LogP contribution in [0.5, 0.6) is 5.75 Å². The molecule has 2 heterocycles. The number of aryl methyl sites for hydroxylation is 1. The highest BCUT2D eigenvalue weighted by Crippen LogP contribution is 2.20. The zero-order valence-corrected chi connectivity index (χ0v) is 10.6. The average Bonchev–Trinajstić information content (AvgIpc) is 3.01. The summed E-state index contributed by atoms with van der Waals surface area (Å²) in [5.41, 5.74) is 0.969. The van der Waals surface area contributed by atoms with Crippen molar-refractivity contribution in [3.63, 3.8) is 0 Å². The average molecular weight is 254 g/mol. The summed E-state index contributed by atoms with van der Waals surface area (Å²) in [5, 5.41) is 9.33. The van der Waals surface area contributed by atoms with Crippen molar-refractivity contribution in [2.24, 2.45) is 7.05 Å². The SMILES string of the molecule is Cn1ccnc1Cn1ccnc1-c1ccc(O)cc1. The molecular weight excluding hydrogens is 240 g/mol. The number of imidazole rings is 2. The van der Waals surface area contributed by atoms with Crippen LogP contribution in [-0.4, -0.2) is 24.2 Å². The number of rotatable bonds is 3. The zero-order chi connectivity index (χ0) is 13.2. The molecule has 0 aliphatic carbocycles. The first-order valence-electron chi connectivity index (χ1n) is 6.01. The topological polar surface area (TPSA) is 55.9 Å². The molecule has 5 nitrogen and oxygen atoms in total. The van der Waals surface area contributed by atoms with E-state index in [0.29, 0.717) is 6.54 Å². The van der Waals surface area contributed by atoms with Crippen molar-refractivity contribution in [2.75, 3.05) is 0 Å². The summed E-state index contributed by atoms with van der Waals surface area (Å²) in [5.74, 6) is 2.09. The summed E-state index contributed by atoms with van der Waals surface area (Å²) in [6.45, 7) is 0.666. The Morgan fingerprint density at radius 1 is 1.05 bits per heavy atom. The number of nitrogens with zero attached hydrogens (tertiary/aromatic N) is 4. The molecule has 0 saturated carbocycles. The van der Waals surface area contributed by atoms with Crippen molar-refractivity contribution in [3.8, 4) is 17.1 Å². The van der Waals surface area contributed by atoms with Gasteiger partial charge in [0.2, 0.25) is 0 Å². The Morgan fingerprint density at radius 3 is 2.47 bits per heavy atom. The molecule has 5 heteroatoms. The van der Waals surface area contributed by atoms with E-state index in [2.05, 4.69) is 9.97 Å². The van der Waals surface area contributed by atoms with Crippen LogP contribution in [0.1, 0.15) is 5.82 Å².